The number of fused-ring (bicyclic) bond motifs is 1. The molecule has 2 aromatic rings. The summed E-state index contributed by atoms with van der Waals surface area (Å²) in [6, 6.07) is 3.40. The molecule has 5 heteroatoms. The highest BCUT2D eigenvalue weighted by Crippen LogP contribution is 2.23. The van der Waals surface area contributed by atoms with E-state index in [1.165, 1.54) is 6.20 Å². The summed E-state index contributed by atoms with van der Waals surface area (Å²) < 4.78 is 14.5. The monoisotopic (exact) mass is 352 g/mol. The molecule has 0 unspecified atom stereocenters. The molecule has 0 bridgehead atoms. The predicted octanol–water partition coefficient (Wildman–Crippen LogP) is 3.14. The van der Waals surface area contributed by atoms with Crippen molar-refractivity contribution < 1.29 is 4.39 Å². The largest absolute Gasteiger partial charge is 0.231 e. The van der Waals surface area contributed by atoms with Gasteiger partial charge in [-0.1, -0.05) is 0 Å². The lowest BCUT2D eigenvalue weighted by Crippen LogP contribution is -1.90. The lowest BCUT2D eigenvalue weighted by Gasteiger charge is -1.99. The second kappa shape index (κ2) is 3.45. The number of nitrogens with zero attached hydrogens (tertiary/aromatic N) is 2. The zero-order valence-electron chi connectivity index (χ0n) is 6.26. The molecule has 0 radical (unpaired) electrons. The maximum Gasteiger partial charge on any atom is 0.191 e. The highest BCUT2D eigenvalue weighted by molar-refractivity contribution is 14.1. The van der Waals surface area contributed by atoms with Crippen molar-refractivity contribution in [3.05, 3.63) is 32.5 Å². The molecule has 0 amide bonds. The molecule has 1 aromatic carbocycles. The average Bonchev–Trinajstić information content (AvgIpc) is 2.12. The van der Waals surface area contributed by atoms with Crippen molar-refractivity contribution in [2.45, 2.75) is 0 Å². The van der Waals surface area contributed by atoms with Crippen molar-refractivity contribution in [2.24, 2.45) is 0 Å². The van der Waals surface area contributed by atoms with Crippen LogP contribution in [0.15, 0.2) is 22.8 Å². The molecule has 2 nitrogen and oxygen atoms in total. The van der Waals surface area contributed by atoms with Gasteiger partial charge >= 0.3 is 0 Å². The van der Waals surface area contributed by atoms with Crippen molar-refractivity contribution >= 4 is 49.4 Å². The molecule has 0 N–H and O–H groups in total. The molecule has 1 heterocycles. The summed E-state index contributed by atoms with van der Waals surface area (Å²) in [5.41, 5.74) is 0.625. The number of rotatable bonds is 0. The first-order valence-electron chi connectivity index (χ1n) is 3.45. The Balaban J connectivity index is 2.87. The fourth-order valence-corrected chi connectivity index (χ4v) is 1.77. The molecule has 0 saturated carbocycles. The van der Waals surface area contributed by atoms with Gasteiger partial charge < -0.3 is 0 Å². The van der Waals surface area contributed by atoms with E-state index in [0.717, 1.165) is 0 Å². The number of hydrogen-bond acceptors (Lipinski definition) is 2. The number of aromatic nitrogens is 2. The van der Waals surface area contributed by atoms with Gasteiger partial charge in [-0.2, -0.15) is 0 Å². The van der Waals surface area contributed by atoms with E-state index in [2.05, 4.69) is 25.9 Å². The Morgan fingerprint density at radius 2 is 2.15 bits per heavy atom. The molecular weight excluding hydrogens is 350 g/mol. The second-order valence-corrected chi connectivity index (χ2v) is 4.25. The number of halogens is 3. The molecule has 2 rings (SSSR count). The second-order valence-electron chi connectivity index (χ2n) is 2.43. The molecule has 13 heavy (non-hydrogen) atoms. The molecule has 0 fully saturated rings. The Kier molecular flexibility index (Phi) is 2.46. The van der Waals surface area contributed by atoms with E-state index in [4.69, 9.17) is 0 Å². The van der Waals surface area contributed by atoms with E-state index in [0.29, 0.717) is 19.2 Å². The van der Waals surface area contributed by atoms with E-state index < -0.39 is 0 Å². The van der Waals surface area contributed by atoms with Crippen LogP contribution in [0.25, 0.3) is 10.9 Å². The van der Waals surface area contributed by atoms with E-state index >= 15 is 0 Å². The molecule has 0 spiro atoms. The minimum absolute atomic E-state index is 0.311. The van der Waals surface area contributed by atoms with Crippen LogP contribution in [0.4, 0.5) is 4.39 Å². The van der Waals surface area contributed by atoms with Gasteiger partial charge in [0.05, 0.1) is 15.4 Å². The third kappa shape index (κ3) is 1.67. The van der Waals surface area contributed by atoms with Crippen LogP contribution in [0.2, 0.25) is 0 Å². The maximum absolute atomic E-state index is 13.4. The van der Waals surface area contributed by atoms with Gasteiger partial charge in [-0.05, 0) is 28.1 Å². The molecule has 0 atom stereocenters. The predicted molar refractivity (Wildman–Crippen MR) is 59.9 cm³/mol. The normalized spacial score (nSPS) is 10.7. The number of hydrogen-bond donors (Lipinski definition) is 0. The van der Waals surface area contributed by atoms with Crippen LogP contribution in [0.3, 0.4) is 0 Å². The molecule has 0 aliphatic heterocycles. The van der Waals surface area contributed by atoms with Crippen molar-refractivity contribution in [1.29, 1.82) is 0 Å². The van der Waals surface area contributed by atoms with Crippen LogP contribution in [-0.2, 0) is 0 Å². The first-order chi connectivity index (χ1) is 6.18. The Hall–Kier alpha value is -0.300. The zero-order chi connectivity index (χ0) is 9.42. The van der Waals surface area contributed by atoms with Crippen LogP contribution in [0, 0.1) is 9.65 Å². The quantitative estimate of drug-likeness (QED) is 0.537. The molecule has 0 aliphatic rings. The summed E-state index contributed by atoms with van der Waals surface area (Å²) >= 11 is 5.09. The van der Waals surface area contributed by atoms with Gasteiger partial charge in [-0.3, -0.25) is 0 Å². The van der Waals surface area contributed by atoms with Gasteiger partial charge in [-0.25, -0.2) is 14.4 Å². The average molecular weight is 353 g/mol. The molecule has 1 aromatic heterocycles. The van der Waals surface area contributed by atoms with Crippen LogP contribution >= 0.6 is 38.5 Å². The highest BCUT2D eigenvalue weighted by Gasteiger charge is 2.06. The smallest absolute Gasteiger partial charge is 0.191 e. The Bertz CT molecular complexity index is 475. The summed E-state index contributed by atoms with van der Waals surface area (Å²) in [5, 5.41) is 0.440. The van der Waals surface area contributed by atoms with E-state index in [1.54, 1.807) is 12.1 Å². The minimum Gasteiger partial charge on any atom is -0.231 e. The summed E-state index contributed by atoms with van der Waals surface area (Å²) in [6.45, 7) is 0. The van der Waals surface area contributed by atoms with Crippen LogP contribution < -0.4 is 0 Å². The Morgan fingerprint density at radius 1 is 1.38 bits per heavy atom. The molecule has 0 aliphatic carbocycles. The van der Waals surface area contributed by atoms with Crippen molar-refractivity contribution in [1.82, 2.24) is 9.97 Å². The van der Waals surface area contributed by atoms with Gasteiger partial charge in [0.15, 0.2) is 3.83 Å². The zero-order valence-corrected chi connectivity index (χ0v) is 10.0. The van der Waals surface area contributed by atoms with E-state index in [-0.39, 0.29) is 5.82 Å². The minimum atomic E-state index is -0.311. The third-order valence-electron chi connectivity index (χ3n) is 1.62. The van der Waals surface area contributed by atoms with E-state index in [1.807, 2.05) is 22.6 Å². The van der Waals surface area contributed by atoms with Crippen molar-refractivity contribution in [2.75, 3.05) is 0 Å². The van der Waals surface area contributed by atoms with Gasteiger partial charge in [0.25, 0.3) is 0 Å². The van der Waals surface area contributed by atoms with Crippen LogP contribution in [-0.4, -0.2) is 9.97 Å². The lowest BCUT2D eigenvalue weighted by atomic mass is 10.2. The van der Waals surface area contributed by atoms with Crippen molar-refractivity contribution in [3.63, 3.8) is 0 Å². The van der Waals surface area contributed by atoms with Crippen LogP contribution in [0.5, 0.6) is 0 Å². The molecule has 66 valence electrons. The summed E-state index contributed by atoms with van der Waals surface area (Å²) in [5.74, 6) is -0.311. The van der Waals surface area contributed by atoms with Gasteiger partial charge in [0.1, 0.15) is 5.82 Å². The Labute approximate surface area is 95.8 Å². The highest BCUT2D eigenvalue weighted by atomic mass is 127. The van der Waals surface area contributed by atoms with Gasteiger partial charge in [0, 0.05) is 28.8 Å². The molecule has 0 saturated heterocycles. The maximum atomic E-state index is 13.4. The molecular formula is C8H3BrFIN2. The third-order valence-corrected chi connectivity index (χ3v) is 2.75. The number of benzene rings is 1. The first kappa shape index (κ1) is 9.26. The van der Waals surface area contributed by atoms with E-state index in [9.17, 15) is 4.39 Å². The SMILES string of the molecule is Fc1c(Br)ccc2nc(I)ncc12. The van der Waals surface area contributed by atoms with Gasteiger partial charge in [0.2, 0.25) is 0 Å². The Morgan fingerprint density at radius 3 is 2.92 bits per heavy atom. The van der Waals surface area contributed by atoms with Crippen molar-refractivity contribution in [3.8, 4) is 0 Å². The summed E-state index contributed by atoms with van der Waals surface area (Å²) in [7, 11) is 0. The van der Waals surface area contributed by atoms with Gasteiger partial charge in [-0.15, -0.1) is 0 Å². The summed E-state index contributed by atoms with van der Waals surface area (Å²) in [6.07, 6.45) is 1.49. The summed E-state index contributed by atoms with van der Waals surface area (Å²) in [4.78, 5) is 8.02. The van der Waals surface area contributed by atoms with Crippen LogP contribution in [0.1, 0.15) is 0 Å². The fraction of sp³-hybridized carbons (Fsp3) is 0. The first-order valence-corrected chi connectivity index (χ1v) is 5.32. The fourth-order valence-electron chi connectivity index (χ4n) is 1.02. The lowest BCUT2D eigenvalue weighted by molar-refractivity contribution is 0.632. The standard InChI is InChI=1S/C8H3BrFIN2/c9-5-1-2-6-4(7(5)10)3-12-8(11)13-6/h1-3H. The topological polar surface area (TPSA) is 25.8 Å².